The first kappa shape index (κ1) is 15.1. The Kier molecular flexibility index (Phi) is 4.24. The Morgan fingerprint density at radius 1 is 1.09 bits per heavy atom. The van der Waals surface area contributed by atoms with E-state index in [1.54, 1.807) is 12.1 Å². The SMILES string of the molecule is CCc1ccc(S(=O)(=O)NCc2nc3ccccc3s2)cc1. The highest BCUT2D eigenvalue weighted by atomic mass is 32.2. The van der Waals surface area contributed by atoms with Crippen molar-refractivity contribution in [1.29, 1.82) is 0 Å². The Morgan fingerprint density at radius 2 is 1.82 bits per heavy atom. The van der Waals surface area contributed by atoms with Crippen molar-refractivity contribution in [3.63, 3.8) is 0 Å². The van der Waals surface area contributed by atoms with Gasteiger partial charge in [0.25, 0.3) is 0 Å². The van der Waals surface area contributed by atoms with Crippen LogP contribution in [0.2, 0.25) is 0 Å². The average Bonchev–Trinajstić information content (AvgIpc) is 2.96. The molecule has 22 heavy (non-hydrogen) atoms. The van der Waals surface area contributed by atoms with Gasteiger partial charge in [-0.05, 0) is 36.2 Å². The van der Waals surface area contributed by atoms with E-state index in [2.05, 4.69) is 9.71 Å². The van der Waals surface area contributed by atoms with Crippen LogP contribution in [0.3, 0.4) is 0 Å². The van der Waals surface area contributed by atoms with E-state index in [9.17, 15) is 8.42 Å². The summed E-state index contributed by atoms with van der Waals surface area (Å²) in [5.41, 5.74) is 2.01. The number of hydrogen-bond acceptors (Lipinski definition) is 4. The van der Waals surface area contributed by atoms with Gasteiger partial charge >= 0.3 is 0 Å². The lowest BCUT2D eigenvalue weighted by Gasteiger charge is -2.05. The maximum atomic E-state index is 12.3. The van der Waals surface area contributed by atoms with E-state index in [-0.39, 0.29) is 11.4 Å². The molecule has 0 saturated heterocycles. The van der Waals surface area contributed by atoms with Gasteiger partial charge in [-0.3, -0.25) is 0 Å². The second-order valence-corrected chi connectivity index (χ2v) is 7.78. The van der Waals surface area contributed by atoms with E-state index in [1.165, 1.54) is 11.3 Å². The average molecular weight is 332 g/mol. The van der Waals surface area contributed by atoms with Crippen molar-refractivity contribution in [1.82, 2.24) is 9.71 Å². The topological polar surface area (TPSA) is 59.1 Å². The van der Waals surface area contributed by atoms with E-state index in [0.29, 0.717) is 0 Å². The molecule has 0 atom stereocenters. The molecule has 0 spiro atoms. The van der Waals surface area contributed by atoms with Crippen LogP contribution in [-0.2, 0) is 23.0 Å². The van der Waals surface area contributed by atoms with Crippen molar-refractivity contribution >= 4 is 31.6 Å². The molecule has 4 nitrogen and oxygen atoms in total. The van der Waals surface area contributed by atoms with E-state index < -0.39 is 10.0 Å². The fraction of sp³-hybridized carbons (Fsp3) is 0.188. The predicted octanol–water partition coefficient (Wildman–Crippen LogP) is 3.34. The Hall–Kier alpha value is -1.76. The zero-order chi connectivity index (χ0) is 15.6. The molecule has 0 aliphatic carbocycles. The number of thiazole rings is 1. The van der Waals surface area contributed by atoms with Crippen molar-refractivity contribution in [2.75, 3.05) is 0 Å². The third kappa shape index (κ3) is 3.19. The quantitative estimate of drug-likeness (QED) is 0.779. The lowest BCUT2D eigenvalue weighted by molar-refractivity contribution is 0.581. The van der Waals surface area contributed by atoms with Crippen LogP contribution in [-0.4, -0.2) is 13.4 Å². The highest BCUT2D eigenvalue weighted by molar-refractivity contribution is 7.89. The molecule has 0 aliphatic rings. The zero-order valence-electron chi connectivity index (χ0n) is 12.1. The molecule has 0 radical (unpaired) electrons. The number of sulfonamides is 1. The first-order valence-corrected chi connectivity index (χ1v) is 9.31. The Morgan fingerprint density at radius 3 is 2.50 bits per heavy atom. The minimum Gasteiger partial charge on any atom is -0.240 e. The molecule has 3 aromatic rings. The smallest absolute Gasteiger partial charge is 0.240 e. The van der Waals surface area contributed by atoms with Crippen LogP contribution < -0.4 is 4.72 Å². The highest BCUT2D eigenvalue weighted by Crippen LogP contribution is 2.21. The Labute approximate surface area is 133 Å². The molecule has 0 unspecified atom stereocenters. The van der Waals surface area contributed by atoms with Gasteiger partial charge < -0.3 is 0 Å². The van der Waals surface area contributed by atoms with Gasteiger partial charge in [0.2, 0.25) is 10.0 Å². The van der Waals surface area contributed by atoms with Gasteiger partial charge in [0.1, 0.15) is 5.01 Å². The van der Waals surface area contributed by atoms with Gasteiger partial charge in [-0.1, -0.05) is 31.2 Å². The summed E-state index contributed by atoms with van der Waals surface area (Å²) in [6.45, 7) is 2.24. The van der Waals surface area contributed by atoms with Crippen LogP contribution >= 0.6 is 11.3 Å². The van der Waals surface area contributed by atoms with Gasteiger partial charge in [0.05, 0.1) is 21.7 Å². The van der Waals surface area contributed by atoms with Crippen LogP contribution in [0.15, 0.2) is 53.4 Å². The summed E-state index contributed by atoms with van der Waals surface area (Å²) >= 11 is 1.50. The fourth-order valence-corrected chi connectivity index (χ4v) is 4.13. The fourth-order valence-electron chi connectivity index (χ4n) is 2.14. The number of fused-ring (bicyclic) bond motifs is 1. The van der Waals surface area contributed by atoms with Crippen molar-refractivity contribution in [2.45, 2.75) is 24.8 Å². The summed E-state index contributed by atoms with van der Waals surface area (Å²) in [6, 6.07) is 14.7. The van der Waals surface area contributed by atoms with Crippen molar-refractivity contribution in [3.8, 4) is 0 Å². The maximum absolute atomic E-state index is 12.3. The number of aromatic nitrogens is 1. The number of aryl methyl sites for hydroxylation is 1. The maximum Gasteiger partial charge on any atom is 0.240 e. The number of benzene rings is 2. The van der Waals surface area contributed by atoms with Crippen LogP contribution in [0.5, 0.6) is 0 Å². The third-order valence-electron chi connectivity index (χ3n) is 3.39. The number of hydrogen-bond donors (Lipinski definition) is 1. The van der Waals surface area contributed by atoms with Gasteiger partial charge in [-0.15, -0.1) is 11.3 Å². The molecular formula is C16H16N2O2S2. The summed E-state index contributed by atoms with van der Waals surface area (Å²) in [6.07, 6.45) is 0.888. The lowest BCUT2D eigenvalue weighted by Crippen LogP contribution is -2.23. The van der Waals surface area contributed by atoms with E-state index in [1.807, 2.05) is 43.3 Å². The Balaban J connectivity index is 1.76. The molecule has 114 valence electrons. The number of para-hydroxylation sites is 1. The van der Waals surface area contributed by atoms with Crippen molar-refractivity contribution in [2.24, 2.45) is 0 Å². The third-order valence-corrected chi connectivity index (χ3v) is 5.85. The summed E-state index contributed by atoms with van der Waals surface area (Å²) < 4.78 is 28.2. The predicted molar refractivity (Wildman–Crippen MR) is 89.5 cm³/mol. The van der Waals surface area contributed by atoms with Gasteiger partial charge in [0.15, 0.2) is 0 Å². The summed E-state index contributed by atoms with van der Waals surface area (Å²) in [7, 11) is -3.50. The molecule has 0 aliphatic heterocycles. The molecule has 1 aromatic heterocycles. The van der Waals surface area contributed by atoms with E-state index in [4.69, 9.17) is 0 Å². The number of nitrogens with one attached hydrogen (secondary N) is 1. The highest BCUT2D eigenvalue weighted by Gasteiger charge is 2.14. The van der Waals surface area contributed by atoms with Crippen LogP contribution in [0.4, 0.5) is 0 Å². The van der Waals surface area contributed by atoms with Crippen LogP contribution in [0.1, 0.15) is 17.5 Å². The molecule has 3 rings (SSSR count). The molecule has 2 aromatic carbocycles. The van der Waals surface area contributed by atoms with Crippen molar-refractivity contribution < 1.29 is 8.42 Å². The molecular weight excluding hydrogens is 316 g/mol. The summed E-state index contributed by atoms with van der Waals surface area (Å²) in [5.74, 6) is 0. The number of rotatable bonds is 5. The largest absolute Gasteiger partial charge is 0.240 e. The lowest BCUT2D eigenvalue weighted by atomic mass is 10.2. The normalized spacial score (nSPS) is 11.9. The Bertz CT molecular complexity index is 851. The summed E-state index contributed by atoms with van der Waals surface area (Å²) in [4.78, 5) is 4.71. The van der Waals surface area contributed by atoms with Crippen LogP contribution in [0.25, 0.3) is 10.2 Å². The van der Waals surface area contributed by atoms with Crippen molar-refractivity contribution in [3.05, 3.63) is 59.1 Å². The van der Waals surface area contributed by atoms with Crippen LogP contribution in [0, 0.1) is 0 Å². The molecule has 0 saturated carbocycles. The molecule has 0 bridgehead atoms. The van der Waals surface area contributed by atoms with E-state index in [0.717, 1.165) is 27.2 Å². The van der Waals surface area contributed by atoms with Gasteiger partial charge in [0, 0.05) is 0 Å². The number of nitrogens with zero attached hydrogens (tertiary/aromatic N) is 1. The first-order chi connectivity index (χ1) is 10.6. The monoisotopic (exact) mass is 332 g/mol. The molecule has 0 amide bonds. The molecule has 0 fully saturated rings. The van der Waals surface area contributed by atoms with Gasteiger partial charge in [-0.25, -0.2) is 18.1 Å². The standard InChI is InChI=1S/C16H16N2O2S2/c1-2-12-7-9-13(10-8-12)22(19,20)17-11-16-18-14-5-3-4-6-15(14)21-16/h3-10,17H,2,11H2,1H3. The molecule has 1 N–H and O–H groups in total. The summed E-state index contributed by atoms with van der Waals surface area (Å²) in [5, 5.41) is 0.759. The minimum absolute atomic E-state index is 0.206. The second kappa shape index (κ2) is 6.16. The van der Waals surface area contributed by atoms with E-state index >= 15 is 0 Å². The zero-order valence-corrected chi connectivity index (χ0v) is 13.7. The minimum atomic E-state index is -3.50. The van der Waals surface area contributed by atoms with Gasteiger partial charge in [-0.2, -0.15) is 0 Å². The molecule has 6 heteroatoms. The molecule has 1 heterocycles. The first-order valence-electron chi connectivity index (χ1n) is 7.01. The second-order valence-electron chi connectivity index (χ2n) is 4.90.